The third-order valence-corrected chi connectivity index (χ3v) is 5.11. The van der Waals surface area contributed by atoms with Crippen molar-refractivity contribution in [2.24, 2.45) is 17.3 Å². The molecule has 106 valence electrons. The lowest BCUT2D eigenvalue weighted by Gasteiger charge is -2.33. The number of hydrogen-bond donors (Lipinski definition) is 1. The average molecular weight is 252 g/mol. The second kappa shape index (κ2) is 5.92. The fourth-order valence-electron chi connectivity index (χ4n) is 3.06. The molecule has 2 heteroatoms. The highest BCUT2D eigenvalue weighted by Crippen LogP contribution is 2.29. The van der Waals surface area contributed by atoms with Crippen LogP contribution in [-0.2, 0) is 0 Å². The number of nitrogens with one attached hydrogen (secondary N) is 1. The minimum atomic E-state index is 0.467. The zero-order chi connectivity index (χ0) is 13.2. The fraction of sp³-hybridized carbons (Fsp3) is 1.00. The molecule has 0 spiro atoms. The largest absolute Gasteiger partial charge is 0.313 e. The minimum Gasteiger partial charge on any atom is -0.313 e. The van der Waals surface area contributed by atoms with Crippen LogP contribution in [0.3, 0.4) is 0 Å². The van der Waals surface area contributed by atoms with Crippen LogP contribution in [0.1, 0.15) is 53.4 Å². The molecule has 1 aliphatic heterocycles. The predicted octanol–water partition coefficient (Wildman–Crippen LogP) is 3.13. The molecule has 2 rings (SSSR count). The summed E-state index contributed by atoms with van der Waals surface area (Å²) < 4.78 is 0. The summed E-state index contributed by atoms with van der Waals surface area (Å²) in [4.78, 5) is 2.71. The molecule has 0 aromatic heterocycles. The lowest BCUT2D eigenvalue weighted by atomic mass is 9.86. The van der Waals surface area contributed by atoms with E-state index in [-0.39, 0.29) is 0 Å². The van der Waals surface area contributed by atoms with Crippen molar-refractivity contribution in [3.63, 3.8) is 0 Å². The van der Waals surface area contributed by atoms with Gasteiger partial charge in [-0.15, -0.1) is 0 Å². The quantitative estimate of drug-likeness (QED) is 0.749. The molecule has 2 aliphatic rings. The zero-order valence-corrected chi connectivity index (χ0v) is 12.8. The van der Waals surface area contributed by atoms with Gasteiger partial charge in [0.1, 0.15) is 0 Å². The topological polar surface area (TPSA) is 15.3 Å². The molecule has 1 heterocycles. The number of nitrogens with zero attached hydrogens (tertiary/aromatic N) is 1. The Balaban J connectivity index is 1.78. The molecule has 1 saturated carbocycles. The van der Waals surface area contributed by atoms with Crippen molar-refractivity contribution in [1.29, 1.82) is 0 Å². The van der Waals surface area contributed by atoms with Gasteiger partial charge >= 0.3 is 0 Å². The van der Waals surface area contributed by atoms with E-state index in [9.17, 15) is 0 Å². The molecule has 2 fully saturated rings. The summed E-state index contributed by atoms with van der Waals surface area (Å²) in [6.45, 7) is 14.7. The van der Waals surface area contributed by atoms with Crippen molar-refractivity contribution in [2.45, 2.75) is 59.4 Å². The van der Waals surface area contributed by atoms with Gasteiger partial charge in [0, 0.05) is 25.7 Å². The van der Waals surface area contributed by atoms with Gasteiger partial charge in [0.25, 0.3) is 0 Å². The van der Waals surface area contributed by atoms with E-state index in [2.05, 4.69) is 37.9 Å². The molecule has 0 amide bonds. The van der Waals surface area contributed by atoms with E-state index in [1.165, 1.54) is 51.9 Å². The standard InChI is InChI=1S/C16H32N2/c1-5-16(4,11-17-15-6-7-15)12-18-9-8-14(10-18)13(2)3/h13-15,17H,5-12H2,1-4H3. The van der Waals surface area contributed by atoms with E-state index in [1.54, 1.807) is 0 Å². The van der Waals surface area contributed by atoms with Crippen LogP contribution in [0.2, 0.25) is 0 Å². The first-order valence-corrected chi connectivity index (χ1v) is 7.98. The van der Waals surface area contributed by atoms with Gasteiger partial charge in [-0.25, -0.2) is 0 Å². The highest BCUT2D eigenvalue weighted by molar-refractivity contribution is 4.88. The second-order valence-electron chi connectivity index (χ2n) is 7.35. The van der Waals surface area contributed by atoms with Crippen LogP contribution in [0.4, 0.5) is 0 Å². The van der Waals surface area contributed by atoms with Crippen LogP contribution in [0, 0.1) is 17.3 Å². The molecule has 1 aliphatic carbocycles. The Labute approximate surface area is 114 Å². The smallest absolute Gasteiger partial charge is 0.00684 e. The van der Waals surface area contributed by atoms with Gasteiger partial charge in [0.05, 0.1) is 0 Å². The maximum absolute atomic E-state index is 3.73. The minimum absolute atomic E-state index is 0.467. The Hall–Kier alpha value is -0.0800. The van der Waals surface area contributed by atoms with Gasteiger partial charge in [0.15, 0.2) is 0 Å². The molecule has 0 aromatic carbocycles. The summed E-state index contributed by atoms with van der Waals surface area (Å²) in [5.74, 6) is 1.79. The van der Waals surface area contributed by atoms with Crippen molar-refractivity contribution < 1.29 is 0 Å². The zero-order valence-electron chi connectivity index (χ0n) is 12.8. The van der Waals surface area contributed by atoms with Crippen molar-refractivity contribution >= 4 is 0 Å². The molecule has 2 unspecified atom stereocenters. The van der Waals surface area contributed by atoms with Crippen LogP contribution in [0.15, 0.2) is 0 Å². The van der Waals surface area contributed by atoms with E-state index in [0.29, 0.717) is 5.41 Å². The van der Waals surface area contributed by atoms with Crippen LogP contribution in [-0.4, -0.2) is 37.1 Å². The van der Waals surface area contributed by atoms with E-state index in [1.807, 2.05) is 0 Å². The molecule has 0 aromatic rings. The molecule has 2 nitrogen and oxygen atoms in total. The van der Waals surface area contributed by atoms with Crippen molar-refractivity contribution in [2.75, 3.05) is 26.2 Å². The van der Waals surface area contributed by atoms with Crippen molar-refractivity contribution in [1.82, 2.24) is 10.2 Å². The lowest BCUT2D eigenvalue weighted by molar-refractivity contribution is 0.171. The fourth-order valence-corrected chi connectivity index (χ4v) is 3.06. The second-order valence-corrected chi connectivity index (χ2v) is 7.35. The highest BCUT2D eigenvalue weighted by Gasteiger charge is 2.32. The van der Waals surface area contributed by atoms with E-state index in [0.717, 1.165) is 17.9 Å². The molecular formula is C16H32N2. The van der Waals surface area contributed by atoms with Crippen LogP contribution in [0.25, 0.3) is 0 Å². The Bertz CT molecular complexity index is 260. The maximum Gasteiger partial charge on any atom is 0.00684 e. The van der Waals surface area contributed by atoms with Gasteiger partial charge in [-0.1, -0.05) is 27.7 Å². The molecular weight excluding hydrogens is 220 g/mol. The lowest BCUT2D eigenvalue weighted by Crippen LogP contribution is -2.42. The van der Waals surface area contributed by atoms with Gasteiger partial charge < -0.3 is 10.2 Å². The normalized spacial score (nSPS) is 28.8. The summed E-state index contributed by atoms with van der Waals surface area (Å²) in [7, 11) is 0. The Kier molecular flexibility index (Phi) is 4.71. The van der Waals surface area contributed by atoms with Crippen LogP contribution < -0.4 is 5.32 Å². The van der Waals surface area contributed by atoms with Crippen LogP contribution >= 0.6 is 0 Å². The van der Waals surface area contributed by atoms with E-state index < -0.39 is 0 Å². The predicted molar refractivity (Wildman–Crippen MR) is 78.8 cm³/mol. The first-order chi connectivity index (χ1) is 8.52. The first kappa shape index (κ1) is 14.3. The summed E-state index contributed by atoms with van der Waals surface area (Å²) in [5, 5.41) is 3.73. The molecule has 1 saturated heterocycles. The summed E-state index contributed by atoms with van der Waals surface area (Å²) in [6, 6.07) is 0.845. The van der Waals surface area contributed by atoms with Gasteiger partial charge in [-0.3, -0.25) is 0 Å². The SMILES string of the molecule is CCC(C)(CNC1CC1)CN1CCC(C(C)C)C1. The summed E-state index contributed by atoms with van der Waals surface area (Å²) in [6.07, 6.45) is 5.50. The summed E-state index contributed by atoms with van der Waals surface area (Å²) in [5.41, 5.74) is 0.467. The van der Waals surface area contributed by atoms with Gasteiger partial charge in [-0.05, 0) is 49.5 Å². The first-order valence-electron chi connectivity index (χ1n) is 7.98. The molecule has 2 atom stereocenters. The number of rotatable bonds is 7. The summed E-state index contributed by atoms with van der Waals surface area (Å²) >= 11 is 0. The van der Waals surface area contributed by atoms with Crippen molar-refractivity contribution in [3.8, 4) is 0 Å². The average Bonchev–Trinajstić information content (AvgIpc) is 3.06. The Morgan fingerprint density at radius 2 is 2.00 bits per heavy atom. The molecule has 18 heavy (non-hydrogen) atoms. The highest BCUT2D eigenvalue weighted by atomic mass is 15.2. The third-order valence-electron chi connectivity index (χ3n) is 5.11. The maximum atomic E-state index is 3.73. The number of likely N-dealkylation sites (tertiary alicyclic amines) is 1. The van der Waals surface area contributed by atoms with Crippen LogP contribution in [0.5, 0.6) is 0 Å². The Morgan fingerprint density at radius 3 is 2.50 bits per heavy atom. The van der Waals surface area contributed by atoms with E-state index >= 15 is 0 Å². The molecule has 0 radical (unpaired) electrons. The van der Waals surface area contributed by atoms with Crippen molar-refractivity contribution in [3.05, 3.63) is 0 Å². The molecule has 0 bridgehead atoms. The molecule has 1 N–H and O–H groups in total. The Morgan fingerprint density at radius 1 is 1.28 bits per heavy atom. The third kappa shape index (κ3) is 3.96. The van der Waals surface area contributed by atoms with Gasteiger partial charge in [0.2, 0.25) is 0 Å². The van der Waals surface area contributed by atoms with Gasteiger partial charge in [-0.2, -0.15) is 0 Å². The monoisotopic (exact) mass is 252 g/mol. The van der Waals surface area contributed by atoms with E-state index in [4.69, 9.17) is 0 Å². The number of hydrogen-bond acceptors (Lipinski definition) is 2.